The van der Waals surface area contributed by atoms with Gasteiger partial charge in [-0.25, -0.2) is 4.79 Å². The molecule has 0 radical (unpaired) electrons. The number of carbonyl (C=O) groups excluding carboxylic acids is 1. The molecule has 13 heteroatoms. The highest BCUT2D eigenvalue weighted by Crippen LogP contribution is 2.40. The number of aliphatic carboxylic acids is 1. The number of carboxylic acid groups (broad SMARTS) is 1. The first kappa shape index (κ1) is 27.5. The minimum atomic E-state index is -5.08. The zero-order valence-corrected chi connectivity index (χ0v) is 21.7. The number of aromatic nitrogens is 2. The van der Waals surface area contributed by atoms with Gasteiger partial charge in [-0.05, 0) is 23.8 Å². The van der Waals surface area contributed by atoms with Gasteiger partial charge in [0.15, 0.2) is 5.75 Å². The van der Waals surface area contributed by atoms with Crippen molar-refractivity contribution in [1.29, 1.82) is 0 Å². The van der Waals surface area contributed by atoms with Crippen LogP contribution in [0.25, 0.3) is 21.0 Å². The van der Waals surface area contributed by atoms with Gasteiger partial charge in [-0.2, -0.15) is 24.9 Å². The highest BCUT2D eigenvalue weighted by molar-refractivity contribution is 7.99. The fourth-order valence-corrected chi connectivity index (χ4v) is 6.00. The lowest BCUT2D eigenvalue weighted by Gasteiger charge is -2.26. The maximum absolute atomic E-state index is 13.5. The molecule has 0 bridgehead atoms. The molecule has 38 heavy (non-hydrogen) atoms. The van der Waals surface area contributed by atoms with Crippen molar-refractivity contribution in [2.75, 3.05) is 24.6 Å². The van der Waals surface area contributed by atoms with Crippen LogP contribution in [0.2, 0.25) is 0 Å². The summed E-state index contributed by atoms with van der Waals surface area (Å²) in [4.78, 5) is 42.1. The second-order valence-corrected chi connectivity index (χ2v) is 10.4. The van der Waals surface area contributed by atoms with Crippen molar-refractivity contribution in [3.05, 3.63) is 69.6 Å². The first-order chi connectivity index (χ1) is 18.1. The van der Waals surface area contributed by atoms with Crippen LogP contribution < -0.4 is 10.3 Å². The molecular formula is C25H22F3N3O5S2. The van der Waals surface area contributed by atoms with Crippen LogP contribution in [-0.4, -0.2) is 62.2 Å². The molecule has 0 aliphatic carbocycles. The van der Waals surface area contributed by atoms with Crippen LogP contribution in [0.1, 0.15) is 15.2 Å². The number of para-hydroxylation sites is 1. The van der Waals surface area contributed by atoms with E-state index >= 15 is 0 Å². The molecule has 0 saturated carbocycles. The molecule has 4 aromatic rings. The standard InChI is InChI=1S/C23H21N3O3S2.C2HF3O2/c1-25-17-5-3-2-4-16(17)20-18(22(25)27)19(29-14-15-6-8-24-9-7-15)21(31-20)23(28)26-10-12-30-13-11-26;3-2(4,5)1(6)7/h2-9H,10-14H2,1H3;(H,6,7). The smallest absolute Gasteiger partial charge is 0.486 e. The fraction of sp³-hybridized carbons (Fsp3) is 0.280. The Balaban J connectivity index is 0.000000426. The Kier molecular flexibility index (Phi) is 8.26. The number of fused-ring (bicyclic) bond motifs is 3. The summed E-state index contributed by atoms with van der Waals surface area (Å²) in [7, 11) is 1.76. The monoisotopic (exact) mass is 565 g/mol. The Labute approximate surface area is 222 Å². The van der Waals surface area contributed by atoms with Crippen molar-refractivity contribution in [1.82, 2.24) is 14.5 Å². The Bertz CT molecular complexity index is 1530. The first-order valence-electron chi connectivity index (χ1n) is 11.3. The third-order valence-corrected chi connectivity index (χ3v) is 7.90. The van der Waals surface area contributed by atoms with Crippen LogP contribution in [-0.2, 0) is 18.4 Å². The lowest BCUT2D eigenvalue weighted by atomic mass is 10.1. The summed E-state index contributed by atoms with van der Waals surface area (Å²) in [5, 5.41) is 8.56. The summed E-state index contributed by atoms with van der Waals surface area (Å²) in [6, 6.07) is 11.5. The third kappa shape index (κ3) is 5.78. The van der Waals surface area contributed by atoms with Crippen LogP contribution in [0.15, 0.2) is 53.6 Å². The highest BCUT2D eigenvalue weighted by Gasteiger charge is 2.38. The number of thioether (sulfide) groups is 1. The summed E-state index contributed by atoms with van der Waals surface area (Å²) in [5.41, 5.74) is 1.62. The number of aryl methyl sites for hydroxylation is 1. The second kappa shape index (κ2) is 11.4. The van der Waals surface area contributed by atoms with E-state index in [1.165, 1.54) is 11.3 Å². The van der Waals surface area contributed by atoms with E-state index in [4.69, 9.17) is 14.6 Å². The molecule has 1 N–H and O–H groups in total. The van der Waals surface area contributed by atoms with Gasteiger partial charge in [-0.15, -0.1) is 11.3 Å². The SMILES string of the molecule is Cn1c(=O)c2c(OCc3ccncc3)c(C(=O)N3CCSCC3)sc2c2ccccc21.O=C(O)C(F)(F)F. The summed E-state index contributed by atoms with van der Waals surface area (Å²) in [6.07, 6.45) is -1.68. The number of hydrogen-bond donors (Lipinski definition) is 1. The van der Waals surface area contributed by atoms with Gasteiger partial charge in [-0.3, -0.25) is 14.6 Å². The van der Waals surface area contributed by atoms with Gasteiger partial charge in [0, 0.05) is 49.4 Å². The minimum Gasteiger partial charge on any atom is -0.486 e. The molecule has 1 aliphatic rings. The fourth-order valence-electron chi connectivity index (χ4n) is 3.86. The molecule has 8 nitrogen and oxygen atoms in total. The lowest BCUT2D eigenvalue weighted by Crippen LogP contribution is -2.37. The second-order valence-electron chi connectivity index (χ2n) is 8.20. The Hall–Kier alpha value is -3.58. The van der Waals surface area contributed by atoms with E-state index in [0.717, 1.165) is 32.7 Å². The van der Waals surface area contributed by atoms with Gasteiger partial charge in [-0.1, -0.05) is 18.2 Å². The zero-order chi connectivity index (χ0) is 27.4. The van der Waals surface area contributed by atoms with Crippen molar-refractivity contribution < 1.29 is 32.6 Å². The molecule has 200 valence electrons. The molecule has 1 saturated heterocycles. The number of halogens is 3. The predicted octanol–water partition coefficient (Wildman–Crippen LogP) is 4.55. The Morgan fingerprint density at radius 3 is 2.37 bits per heavy atom. The van der Waals surface area contributed by atoms with Gasteiger partial charge in [0.1, 0.15) is 16.9 Å². The largest absolute Gasteiger partial charge is 0.490 e. The summed E-state index contributed by atoms with van der Waals surface area (Å²) < 4.78 is 40.4. The van der Waals surface area contributed by atoms with Crippen LogP contribution in [0.4, 0.5) is 13.2 Å². The average molecular weight is 566 g/mol. The summed E-state index contributed by atoms with van der Waals surface area (Å²) in [6.45, 7) is 1.68. The van der Waals surface area contributed by atoms with E-state index in [1.54, 1.807) is 24.0 Å². The molecular weight excluding hydrogens is 543 g/mol. The Morgan fingerprint density at radius 1 is 1.11 bits per heavy atom. The molecule has 0 unspecified atom stereocenters. The highest BCUT2D eigenvalue weighted by atomic mass is 32.2. The van der Waals surface area contributed by atoms with Crippen LogP contribution in [0.5, 0.6) is 5.75 Å². The van der Waals surface area contributed by atoms with Crippen LogP contribution in [0, 0.1) is 0 Å². The quantitative estimate of drug-likeness (QED) is 0.388. The molecule has 1 amide bonds. The van der Waals surface area contributed by atoms with Gasteiger partial charge < -0.3 is 19.3 Å². The number of carboxylic acids is 1. The summed E-state index contributed by atoms with van der Waals surface area (Å²) >= 11 is 3.22. The molecule has 5 rings (SSSR count). The van der Waals surface area contributed by atoms with Crippen LogP contribution >= 0.6 is 23.1 Å². The van der Waals surface area contributed by atoms with Gasteiger partial charge in [0.05, 0.1) is 10.2 Å². The number of thiophene rings is 1. The number of hydrogen-bond acceptors (Lipinski definition) is 7. The molecule has 1 aromatic carbocycles. The molecule has 1 fully saturated rings. The zero-order valence-electron chi connectivity index (χ0n) is 20.0. The Morgan fingerprint density at radius 2 is 1.74 bits per heavy atom. The molecule has 0 atom stereocenters. The van der Waals surface area contributed by atoms with E-state index in [2.05, 4.69) is 4.98 Å². The summed E-state index contributed by atoms with van der Waals surface area (Å²) in [5.74, 6) is -0.570. The third-order valence-electron chi connectivity index (χ3n) is 5.76. The molecule has 4 heterocycles. The number of carbonyl (C=O) groups is 2. The topological polar surface area (TPSA) is 102 Å². The van der Waals surface area contributed by atoms with Crippen molar-refractivity contribution in [3.63, 3.8) is 0 Å². The maximum Gasteiger partial charge on any atom is 0.490 e. The maximum atomic E-state index is 13.5. The number of rotatable bonds is 4. The van der Waals surface area contributed by atoms with E-state index in [0.29, 0.717) is 29.1 Å². The lowest BCUT2D eigenvalue weighted by molar-refractivity contribution is -0.192. The van der Waals surface area contributed by atoms with Crippen molar-refractivity contribution in [3.8, 4) is 5.75 Å². The van der Waals surface area contributed by atoms with Gasteiger partial charge in [0.25, 0.3) is 11.5 Å². The van der Waals surface area contributed by atoms with E-state index in [-0.39, 0.29) is 18.1 Å². The number of pyridine rings is 2. The number of amides is 1. The number of nitrogens with zero attached hydrogens (tertiary/aromatic N) is 3. The molecule has 0 spiro atoms. The van der Waals surface area contributed by atoms with E-state index in [9.17, 15) is 22.8 Å². The average Bonchev–Trinajstić information content (AvgIpc) is 3.31. The molecule has 3 aromatic heterocycles. The predicted molar refractivity (Wildman–Crippen MR) is 140 cm³/mol. The van der Waals surface area contributed by atoms with E-state index in [1.807, 2.05) is 53.1 Å². The van der Waals surface area contributed by atoms with Gasteiger partial charge >= 0.3 is 12.1 Å². The van der Waals surface area contributed by atoms with Gasteiger partial charge in [0.2, 0.25) is 0 Å². The molecule has 1 aliphatic heterocycles. The van der Waals surface area contributed by atoms with Crippen molar-refractivity contribution in [2.45, 2.75) is 12.8 Å². The first-order valence-corrected chi connectivity index (χ1v) is 13.3. The number of ether oxygens (including phenoxy) is 1. The van der Waals surface area contributed by atoms with Crippen molar-refractivity contribution in [2.24, 2.45) is 7.05 Å². The number of alkyl halides is 3. The van der Waals surface area contributed by atoms with E-state index < -0.39 is 12.1 Å². The van der Waals surface area contributed by atoms with Crippen molar-refractivity contribution >= 4 is 56.0 Å². The normalized spacial score (nSPS) is 13.7. The minimum absolute atomic E-state index is 0.0580. The van der Waals surface area contributed by atoms with Crippen LogP contribution in [0.3, 0.4) is 0 Å². The number of benzene rings is 1.